The number of halogens is 1. The number of methoxy groups -OCH3 is 1. The van der Waals surface area contributed by atoms with Gasteiger partial charge in [0, 0.05) is 4.47 Å². The van der Waals surface area contributed by atoms with Crippen molar-refractivity contribution in [1.82, 2.24) is 0 Å². The van der Waals surface area contributed by atoms with E-state index in [0.717, 1.165) is 0 Å². The number of nitriles is 1. The summed E-state index contributed by atoms with van der Waals surface area (Å²) in [6.45, 7) is 1.46. The summed E-state index contributed by atoms with van der Waals surface area (Å²) in [6.07, 6.45) is -1.02. The standard InChI is InChI=1S/C16H13BrN2O4S/c1-9(14(20)19-15-10(8-18)5-6-24-15)23-16(21)12-7-11(22-2)3-4-13(12)17/h3-7,9H,1-2H3,(H,19,20)/t9-/m0/s1. The van der Waals surface area contributed by atoms with E-state index in [1.807, 2.05) is 6.07 Å². The van der Waals surface area contributed by atoms with Crippen molar-refractivity contribution in [1.29, 1.82) is 5.26 Å². The highest BCUT2D eigenvalue weighted by Gasteiger charge is 2.22. The molecule has 1 heterocycles. The maximum Gasteiger partial charge on any atom is 0.340 e. The number of carbonyl (C=O) groups excluding carboxylic acids is 2. The fraction of sp³-hybridized carbons (Fsp3) is 0.188. The number of nitrogens with zero attached hydrogens (tertiary/aromatic N) is 1. The first-order valence-corrected chi connectivity index (χ1v) is 8.46. The molecule has 124 valence electrons. The number of ether oxygens (including phenoxy) is 2. The third kappa shape index (κ3) is 4.13. The van der Waals surface area contributed by atoms with Crippen molar-refractivity contribution >= 4 is 44.1 Å². The Morgan fingerprint density at radius 3 is 2.79 bits per heavy atom. The quantitative estimate of drug-likeness (QED) is 0.763. The molecule has 1 aromatic carbocycles. The first kappa shape index (κ1) is 18.0. The molecule has 0 saturated heterocycles. The summed E-state index contributed by atoms with van der Waals surface area (Å²) < 4.78 is 10.8. The van der Waals surface area contributed by atoms with Crippen LogP contribution in [-0.2, 0) is 9.53 Å². The average molecular weight is 409 g/mol. The van der Waals surface area contributed by atoms with E-state index in [-0.39, 0.29) is 5.56 Å². The van der Waals surface area contributed by atoms with Gasteiger partial charge < -0.3 is 14.8 Å². The number of thiophene rings is 1. The first-order valence-electron chi connectivity index (χ1n) is 6.79. The molecule has 1 amide bonds. The molecule has 24 heavy (non-hydrogen) atoms. The van der Waals surface area contributed by atoms with Gasteiger partial charge in [0.05, 0.1) is 18.2 Å². The Labute approximate surface area is 151 Å². The van der Waals surface area contributed by atoms with Gasteiger partial charge in [-0.3, -0.25) is 4.79 Å². The second kappa shape index (κ2) is 7.95. The molecule has 0 radical (unpaired) electrons. The van der Waals surface area contributed by atoms with Crippen LogP contribution >= 0.6 is 27.3 Å². The topological polar surface area (TPSA) is 88.4 Å². The molecule has 0 spiro atoms. The van der Waals surface area contributed by atoms with Crippen molar-refractivity contribution in [3.8, 4) is 11.8 Å². The lowest BCUT2D eigenvalue weighted by atomic mass is 10.2. The van der Waals surface area contributed by atoms with Crippen LogP contribution in [0.15, 0.2) is 34.1 Å². The van der Waals surface area contributed by atoms with Crippen molar-refractivity contribution in [2.24, 2.45) is 0 Å². The zero-order valence-corrected chi connectivity index (χ0v) is 15.2. The van der Waals surface area contributed by atoms with Crippen molar-refractivity contribution in [2.45, 2.75) is 13.0 Å². The summed E-state index contributed by atoms with van der Waals surface area (Å²) >= 11 is 4.49. The largest absolute Gasteiger partial charge is 0.497 e. The SMILES string of the molecule is COc1ccc(Br)c(C(=O)O[C@@H](C)C(=O)Nc2sccc2C#N)c1. The highest BCUT2D eigenvalue weighted by molar-refractivity contribution is 9.10. The van der Waals surface area contributed by atoms with Gasteiger partial charge in [-0.1, -0.05) is 0 Å². The molecular formula is C16H13BrN2O4S. The van der Waals surface area contributed by atoms with Gasteiger partial charge in [-0.15, -0.1) is 11.3 Å². The second-order valence-corrected chi connectivity index (χ2v) is 6.43. The van der Waals surface area contributed by atoms with E-state index >= 15 is 0 Å². The van der Waals surface area contributed by atoms with Crippen LogP contribution in [0.2, 0.25) is 0 Å². The minimum absolute atomic E-state index is 0.253. The lowest BCUT2D eigenvalue weighted by molar-refractivity contribution is -0.123. The molecule has 2 rings (SSSR count). The Balaban J connectivity index is 2.06. The molecule has 6 nitrogen and oxygen atoms in total. The number of esters is 1. The Bertz CT molecular complexity index is 813. The smallest absolute Gasteiger partial charge is 0.340 e. The molecule has 1 aromatic heterocycles. The van der Waals surface area contributed by atoms with Crippen LogP contribution in [0.25, 0.3) is 0 Å². The fourth-order valence-electron chi connectivity index (χ4n) is 1.77. The zero-order chi connectivity index (χ0) is 17.7. The minimum atomic E-state index is -1.02. The predicted molar refractivity (Wildman–Crippen MR) is 93.2 cm³/mol. The van der Waals surface area contributed by atoms with E-state index in [9.17, 15) is 9.59 Å². The average Bonchev–Trinajstić information content (AvgIpc) is 3.02. The molecule has 1 atom stereocenters. The van der Waals surface area contributed by atoms with E-state index in [1.54, 1.807) is 23.6 Å². The summed E-state index contributed by atoms with van der Waals surface area (Å²) in [5, 5.41) is 13.6. The van der Waals surface area contributed by atoms with Gasteiger partial charge in [-0.25, -0.2) is 4.79 Å². The van der Waals surface area contributed by atoms with Crippen LogP contribution in [0.4, 0.5) is 5.00 Å². The monoisotopic (exact) mass is 408 g/mol. The number of carbonyl (C=O) groups is 2. The zero-order valence-electron chi connectivity index (χ0n) is 12.8. The van der Waals surface area contributed by atoms with Crippen LogP contribution in [-0.4, -0.2) is 25.1 Å². The Kier molecular flexibility index (Phi) is 5.95. The van der Waals surface area contributed by atoms with Crippen molar-refractivity contribution in [2.75, 3.05) is 12.4 Å². The Morgan fingerprint density at radius 2 is 2.12 bits per heavy atom. The lowest BCUT2D eigenvalue weighted by Gasteiger charge is -2.14. The first-order chi connectivity index (χ1) is 11.5. The number of benzene rings is 1. The third-order valence-electron chi connectivity index (χ3n) is 3.07. The number of hydrogen-bond acceptors (Lipinski definition) is 6. The van der Waals surface area contributed by atoms with Crippen LogP contribution in [0, 0.1) is 11.3 Å². The minimum Gasteiger partial charge on any atom is -0.497 e. The van der Waals surface area contributed by atoms with Gasteiger partial charge in [0.15, 0.2) is 6.10 Å². The van der Waals surface area contributed by atoms with E-state index in [0.29, 0.717) is 20.8 Å². The Morgan fingerprint density at radius 1 is 1.38 bits per heavy atom. The molecule has 0 fully saturated rings. The molecular weight excluding hydrogens is 396 g/mol. The summed E-state index contributed by atoms with van der Waals surface area (Å²) in [7, 11) is 1.49. The molecule has 0 aliphatic carbocycles. The molecule has 1 N–H and O–H groups in total. The van der Waals surface area contributed by atoms with Gasteiger partial charge in [-0.2, -0.15) is 5.26 Å². The summed E-state index contributed by atoms with van der Waals surface area (Å²) in [4.78, 5) is 24.4. The van der Waals surface area contributed by atoms with Gasteiger partial charge in [0.2, 0.25) is 0 Å². The van der Waals surface area contributed by atoms with E-state index < -0.39 is 18.0 Å². The highest BCUT2D eigenvalue weighted by atomic mass is 79.9. The molecule has 8 heteroatoms. The molecule has 0 saturated carbocycles. The van der Waals surface area contributed by atoms with Gasteiger partial charge in [-0.05, 0) is 52.5 Å². The summed E-state index contributed by atoms with van der Waals surface area (Å²) in [5.41, 5.74) is 0.616. The number of hydrogen-bond donors (Lipinski definition) is 1. The summed E-state index contributed by atoms with van der Waals surface area (Å²) in [6, 6.07) is 8.44. The molecule has 0 aliphatic heterocycles. The molecule has 0 aliphatic rings. The van der Waals surface area contributed by atoms with Gasteiger partial charge >= 0.3 is 5.97 Å². The normalized spacial score (nSPS) is 11.2. The highest BCUT2D eigenvalue weighted by Crippen LogP contribution is 2.25. The maximum atomic E-state index is 12.2. The maximum absolute atomic E-state index is 12.2. The van der Waals surface area contributed by atoms with E-state index in [1.165, 1.54) is 31.4 Å². The van der Waals surface area contributed by atoms with Crippen LogP contribution in [0.3, 0.4) is 0 Å². The molecule has 0 bridgehead atoms. The van der Waals surface area contributed by atoms with Crippen molar-refractivity contribution in [3.05, 3.63) is 45.2 Å². The van der Waals surface area contributed by atoms with Crippen molar-refractivity contribution in [3.63, 3.8) is 0 Å². The van der Waals surface area contributed by atoms with Crippen LogP contribution in [0.1, 0.15) is 22.8 Å². The lowest BCUT2D eigenvalue weighted by Crippen LogP contribution is -2.30. The number of amides is 1. The number of rotatable bonds is 5. The summed E-state index contributed by atoms with van der Waals surface area (Å²) in [5.74, 6) is -0.670. The van der Waals surface area contributed by atoms with Gasteiger partial charge in [0.25, 0.3) is 5.91 Å². The number of anilines is 1. The third-order valence-corrected chi connectivity index (χ3v) is 4.59. The Hall–Kier alpha value is -2.37. The van der Waals surface area contributed by atoms with Crippen molar-refractivity contribution < 1.29 is 19.1 Å². The van der Waals surface area contributed by atoms with E-state index in [4.69, 9.17) is 14.7 Å². The number of nitrogens with one attached hydrogen (secondary N) is 1. The van der Waals surface area contributed by atoms with E-state index in [2.05, 4.69) is 21.2 Å². The second-order valence-electron chi connectivity index (χ2n) is 4.66. The van der Waals surface area contributed by atoms with Crippen LogP contribution in [0.5, 0.6) is 5.75 Å². The van der Waals surface area contributed by atoms with Gasteiger partial charge in [0.1, 0.15) is 16.8 Å². The molecule has 2 aromatic rings. The van der Waals surface area contributed by atoms with Crippen LogP contribution < -0.4 is 10.1 Å². The molecule has 0 unspecified atom stereocenters. The predicted octanol–water partition coefficient (Wildman–Crippen LogP) is 3.57. The fourth-order valence-corrected chi connectivity index (χ4v) is 2.92.